The van der Waals surface area contributed by atoms with Gasteiger partial charge in [0.05, 0.1) is 28.7 Å². The maximum atomic E-state index is 13.7. The molecule has 7 heteroatoms. The van der Waals surface area contributed by atoms with E-state index >= 15 is 0 Å². The van der Waals surface area contributed by atoms with E-state index in [0.29, 0.717) is 13.0 Å². The molecule has 0 saturated heterocycles. The van der Waals surface area contributed by atoms with Gasteiger partial charge in [-0.25, -0.2) is 9.37 Å². The van der Waals surface area contributed by atoms with E-state index in [1.807, 2.05) is 18.2 Å². The molecule has 24 heavy (non-hydrogen) atoms. The fraction of sp³-hybridized carbons (Fsp3) is 0.176. The summed E-state index contributed by atoms with van der Waals surface area (Å²) in [5.74, 6) is 0.269. The molecule has 124 valence electrons. The van der Waals surface area contributed by atoms with E-state index in [2.05, 4.69) is 15.3 Å². The predicted molar refractivity (Wildman–Crippen MR) is 90.1 cm³/mol. The number of carbonyl (C=O) groups is 1. The molecule has 2 aromatic carbocycles. The summed E-state index contributed by atoms with van der Waals surface area (Å²) in [4.78, 5) is 19.6. The third-order valence-electron chi connectivity index (χ3n) is 3.58. The first-order valence-electron chi connectivity index (χ1n) is 7.33. The van der Waals surface area contributed by atoms with Gasteiger partial charge in [-0.1, -0.05) is 17.7 Å². The van der Waals surface area contributed by atoms with Crippen LogP contribution in [0.4, 0.5) is 4.39 Å². The summed E-state index contributed by atoms with van der Waals surface area (Å²) in [6.45, 7) is 0.306. The molecule has 1 aromatic heterocycles. The van der Waals surface area contributed by atoms with Gasteiger partial charge in [0.2, 0.25) is 0 Å². The number of hydrogen-bond acceptors (Lipinski definition) is 3. The average Bonchev–Trinajstić information content (AvgIpc) is 2.96. The molecule has 0 bridgehead atoms. The standard InChI is InChI=1S/C17H15ClFN3O2/c1-24-10-5-6-13-14(9-10)22-15(21-13)7-8-20-17(23)16-11(18)3-2-4-12(16)19/h2-6,9H,7-8H2,1H3,(H,20,23)(H,21,22). The second-order valence-corrected chi connectivity index (χ2v) is 5.58. The maximum absolute atomic E-state index is 13.7. The van der Waals surface area contributed by atoms with E-state index in [1.165, 1.54) is 18.2 Å². The van der Waals surface area contributed by atoms with Gasteiger partial charge in [0.1, 0.15) is 17.4 Å². The summed E-state index contributed by atoms with van der Waals surface area (Å²) in [7, 11) is 1.60. The average molecular weight is 348 g/mol. The fourth-order valence-corrected chi connectivity index (χ4v) is 2.63. The monoisotopic (exact) mass is 347 g/mol. The molecule has 3 rings (SSSR count). The van der Waals surface area contributed by atoms with Crippen LogP contribution in [-0.4, -0.2) is 29.5 Å². The van der Waals surface area contributed by atoms with Crippen LogP contribution in [-0.2, 0) is 6.42 Å². The smallest absolute Gasteiger partial charge is 0.255 e. The minimum absolute atomic E-state index is 0.0864. The topological polar surface area (TPSA) is 67.0 Å². The Morgan fingerprint density at radius 1 is 1.38 bits per heavy atom. The van der Waals surface area contributed by atoms with Gasteiger partial charge in [0, 0.05) is 19.0 Å². The Labute approximate surface area is 142 Å². The Hall–Kier alpha value is -2.60. The van der Waals surface area contributed by atoms with E-state index in [4.69, 9.17) is 16.3 Å². The number of amides is 1. The molecule has 0 atom stereocenters. The first-order chi connectivity index (χ1) is 11.6. The first kappa shape index (κ1) is 16.3. The first-order valence-corrected chi connectivity index (χ1v) is 7.71. The Balaban J connectivity index is 1.65. The number of fused-ring (bicyclic) bond motifs is 1. The summed E-state index contributed by atoms with van der Waals surface area (Å²) >= 11 is 5.87. The highest BCUT2D eigenvalue weighted by molar-refractivity contribution is 6.33. The molecule has 0 fully saturated rings. The Kier molecular flexibility index (Phi) is 4.66. The van der Waals surface area contributed by atoms with Crippen molar-refractivity contribution in [1.29, 1.82) is 0 Å². The molecule has 0 aliphatic heterocycles. The molecule has 0 unspecified atom stereocenters. The van der Waals surface area contributed by atoms with Crippen LogP contribution in [0.2, 0.25) is 5.02 Å². The summed E-state index contributed by atoms with van der Waals surface area (Å²) in [5, 5.41) is 2.73. The molecule has 1 amide bonds. The van der Waals surface area contributed by atoms with Crippen molar-refractivity contribution in [3.05, 3.63) is 58.6 Å². The number of rotatable bonds is 5. The lowest BCUT2D eigenvalue weighted by Gasteiger charge is -2.06. The van der Waals surface area contributed by atoms with Crippen molar-refractivity contribution < 1.29 is 13.9 Å². The molecular weight excluding hydrogens is 333 g/mol. The lowest BCUT2D eigenvalue weighted by molar-refractivity contribution is 0.0950. The van der Waals surface area contributed by atoms with Gasteiger partial charge < -0.3 is 15.0 Å². The van der Waals surface area contributed by atoms with Gasteiger partial charge in [-0.05, 0) is 24.3 Å². The normalized spacial score (nSPS) is 10.8. The van der Waals surface area contributed by atoms with Crippen LogP contribution in [0, 0.1) is 5.82 Å². The van der Waals surface area contributed by atoms with Gasteiger partial charge >= 0.3 is 0 Å². The molecule has 0 aliphatic carbocycles. The van der Waals surface area contributed by atoms with Crippen molar-refractivity contribution in [2.75, 3.05) is 13.7 Å². The number of carbonyl (C=O) groups excluding carboxylic acids is 1. The van der Waals surface area contributed by atoms with Crippen LogP contribution in [0.3, 0.4) is 0 Å². The van der Waals surface area contributed by atoms with Crippen molar-refractivity contribution in [3.8, 4) is 5.75 Å². The maximum Gasteiger partial charge on any atom is 0.255 e. The zero-order valence-electron chi connectivity index (χ0n) is 12.9. The number of aromatic amines is 1. The molecule has 0 aliphatic rings. The number of benzene rings is 2. The number of nitrogens with zero attached hydrogens (tertiary/aromatic N) is 1. The Morgan fingerprint density at radius 3 is 2.96 bits per heavy atom. The van der Waals surface area contributed by atoms with Crippen molar-refractivity contribution >= 4 is 28.5 Å². The van der Waals surface area contributed by atoms with Crippen LogP contribution >= 0.6 is 11.6 Å². The third-order valence-corrected chi connectivity index (χ3v) is 3.89. The number of hydrogen-bond donors (Lipinski definition) is 2. The minimum atomic E-state index is -0.643. The van der Waals surface area contributed by atoms with Gasteiger partial charge in [-0.2, -0.15) is 0 Å². The number of halogens is 2. The number of methoxy groups -OCH3 is 1. The highest BCUT2D eigenvalue weighted by atomic mass is 35.5. The quantitative estimate of drug-likeness (QED) is 0.744. The molecule has 5 nitrogen and oxygen atoms in total. The minimum Gasteiger partial charge on any atom is -0.497 e. The van der Waals surface area contributed by atoms with E-state index in [1.54, 1.807) is 7.11 Å². The van der Waals surface area contributed by atoms with Crippen LogP contribution in [0.15, 0.2) is 36.4 Å². The fourth-order valence-electron chi connectivity index (χ4n) is 2.38. The molecule has 2 N–H and O–H groups in total. The van der Waals surface area contributed by atoms with Gasteiger partial charge in [-0.3, -0.25) is 4.79 Å². The van der Waals surface area contributed by atoms with Gasteiger partial charge in [0.25, 0.3) is 5.91 Å². The lowest BCUT2D eigenvalue weighted by atomic mass is 10.2. The third kappa shape index (κ3) is 3.33. The number of aromatic nitrogens is 2. The molecule has 0 spiro atoms. The van der Waals surface area contributed by atoms with Crippen LogP contribution in [0.5, 0.6) is 5.75 Å². The second-order valence-electron chi connectivity index (χ2n) is 5.17. The highest BCUT2D eigenvalue weighted by Crippen LogP contribution is 2.20. The lowest BCUT2D eigenvalue weighted by Crippen LogP contribution is -2.27. The summed E-state index contributed by atoms with van der Waals surface area (Å²) in [6, 6.07) is 9.67. The van der Waals surface area contributed by atoms with E-state index in [9.17, 15) is 9.18 Å². The molecule has 0 saturated carbocycles. The SMILES string of the molecule is COc1ccc2nc(CCNC(=O)c3c(F)cccc3Cl)[nH]c2c1. The van der Waals surface area contributed by atoms with Gasteiger partial charge in [0.15, 0.2) is 0 Å². The number of imidazole rings is 1. The van der Waals surface area contributed by atoms with Crippen molar-refractivity contribution in [3.63, 3.8) is 0 Å². The summed E-state index contributed by atoms with van der Waals surface area (Å²) in [6.07, 6.45) is 0.481. The molecule has 0 radical (unpaired) electrons. The Bertz CT molecular complexity index is 874. The molecular formula is C17H15ClFN3O2. The largest absolute Gasteiger partial charge is 0.497 e. The molecule has 3 aromatic rings. The number of H-pyrrole nitrogens is 1. The molecule has 1 heterocycles. The van der Waals surface area contributed by atoms with Crippen molar-refractivity contribution in [2.45, 2.75) is 6.42 Å². The van der Waals surface area contributed by atoms with Crippen molar-refractivity contribution in [2.24, 2.45) is 0 Å². The van der Waals surface area contributed by atoms with E-state index < -0.39 is 11.7 Å². The van der Waals surface area contributed by atoms with E-state index in [-0.39, 0.29) is 10.6 Å². The summed E-state index contributed by atoms with van der Waals surface area (Å²) in [5.41, 5.74) is 1.52. The zero-order chi connectivity index (χ0) is 17.1. The second kappa shape index (κ2) is 6.88. The van der Waals surface area contributed by atoms with Crippen LogP contribution in [0.25, 0.3) is 11.0 Å². The zero-order valence-corrected chi connectivity index (χ0v) is 13.7. The highest BCUT2D eigenvalue weighted by Gasteiger charge is 2.15. The Morgan fingerprint density at radius 2 is 2.21 bits per heavy atom. The number of nitrogens with one attached hydrogen (secondary N) is 2. The van der Waals surface area contributed by atoms with Crippen LogP contribution < -0.4 is 10.1 Å². The predicted octanol–water partition coefficient (Wildman–Crippen LogP) is 3.34. The summed E-state index contributed by atoms with van der Waals surface area (Å²) < 4.78 is 18.8. The van der Waals surface area contributed by atoms with Crippen LogP contribution in [0.1, 0.15) is 16.2 Å². The number of ether oxygens (including phenoxy) is 1. The van der Waals surface area contributed by atoms with E-state index in [0.717, 1.165) is 22.6 Å². The van der Waals surface area contributed by atoms with Gasteiger partial charge in [-0.15, -0.1) is 0 Å². The van der Waals surface area contributed by atoms with Crippen molar-refractivity contribution in [1.82, 2.24) is 15.3 Å².